The summed E-state index contributed by atoms with van der Waals surface area (Å²) in [6.07, 6.45) is 3.46. The maximum absolute atomic E-state index is 13.3. The molecule has 0 saturated carbocycles. The Bertz CT molecular complexity index is 1370. The molecule has 4 rings (SSSR count). The van der Waals surface area contributed by atoms with E-state index in [0.29, 0.717) is 25.7 Å². The normalized spacial score (nSPS) is 16.2. The summed E-state index contributed by atoms with van der Waals surface area (Å²) in [5.74, 6) is -1.53. The lowest BCUT2D eigenvalue weighted by atomic mass is 9.92. The van der Waals surface area contributed by atoms with Crippen LogP contribution in [0.4, 0.5) is 0 Å². The van der Waals surface area contributed by atoms with Crippen molar-refractivity contribution in [3.63, 3.8) is 0 Å². The molecule has 4 amide bonds. The molecule has 0 aromatic heterocycles. The van der Waals surface area contributed by atoms with E-state index in [1.807, 2.05) is 72.8 Å². The van der Waals surface area contributed by atoms with Crippen molar-refractivity contribution in [2.45, 2.75) is 50.6 Å². The molecule has 0 spiro atoms. The molecule has 9 nitrogen and oxygen atoms in total. The monoisotopic (exact) mass is 556 g/mol. The van der Waals surface area contributed by atoms with Gasteiger partial charge in [-0.1, -0.05) is 72.8 Å². The molecule has 0 bridgehead atoms. The van der Waals surface area contributed by atoms with Crippen molar-refractivity contribution in [2.24, 2.45) is 5.92 Å². The minimum absolute atomic E-state index is 0.0222. The van der Waals surface area contributed by atoms with E-state index in [-0.39, 0.29) is 37.1 Å². The zero-order chi connectivity index (χ0) is 29.0. The molecule has 1 saturated heterocycles. The van der Waals surface area contributed by atoms with Crippen molar-refractivity contribution >= 4 is 40.7 Å². The first kappa shape index (κ1) is 29.5. The van der Waals surface area contributed by atoms with Gasteiger partial charge in [-0.15, -0.1) is 0 Å². The van der Waals surface area contributed by atoms with Crippen molar-refractivity contribution < 1.29 is 24.0 Å². The highest BCUT2D eigenvalue weighted by Gasteiger charge is 2.25. The summed E-state index contributed by atoms with van der Waals surface area (Å²) in [7, 11) is 0. The van der Waals surface area contributed by atoms with Gasteiger partial charge in [-0.3, -0.25) is 19.2 Å². The Morgan fingerprint density at radius 3 is 2.46 bits per heavy atom. The molecule has 41 heavy (non-hydrogen) atoms. The van der Waals surface area contributed by atoms with Crippen LogP contribution in [0.2, 0.25) is 0 Å². The van der Waals surface area contributed by atoms with Crippen molar-refractivity contribution in [1.82, 2.24) is 21.3 Å². The third kappa shape index (κ3) is 8.73. The topological polar surface area (TPSA) is 133 Å². The minimum atomic E-state index is -0.920. The van der Waals surface area contributed by atoms with Gasteiger partial charge in [-0.05, 0) is 47.6 Å². The molecule has 3 aromatic rings. The van der Waals surface area contributed by atoms with Crippen LogP contribution in [-0.4, -0.2) is 55.1 Å². The second-order valence-electron chi connectivity index (χ2n) is 10.4. The fraction of sp³-hybridized carbons (Fsp3) is 0.344. The number of benzene rings is 3. The largest absolute Gasteiger partial charge is 0.356 e. The lowest BCUT2D eigenvalue weighted by molar-refractivity contribution is -0.130. The zero-order valence-electron chi connectivity index (χ0n) is 22.9. The molecule has 1 aliphatic heterocycles. The molecule has 3 atom stereocenters. The fourth-order valence-electron chi connectivity index (χ4n) is 5.14. The Morgan fingerprint density at radius 2 is 1.68 bits per heavy atom. The lowest BCUT2D eigenvalue weighted by Gasteiger charge is -2.23. The van der Waals surface area contributed by atoms with Gasteiger partial charge in [0.2, 0.25) is 23.6 Å². The number of fused-ring (bicyclic) bond motifs is 1. The van der Waals surface area contributed by atoms with E-state index in [4.69, 9.17) is 0 Å². The van der Waals surface area contributed by atoms with Crippen molar-refractivity contribution in [1.29, 1.82) is 0 Å². The number of carbonyl (C=O) groups excluding carboxylic acids is 5. The van der Waals surface area contributed by atoms with Crippen molar-refractivity contribution in [3.05, 3.63) is 83.9 Å². The summed E-state index contributed by atoms with van der Waals surface area (Å²) in [4.78, 5) is 62.3. The van der Waals surface area contributed by atoms with Gasteiger partial charge in [0.15, 0.2) is 0 Å². The Kier molecular flexibility index (Phi) is 10.6. The average molecular weight is 557 g/mol. The number of piperidine rings is 1. The molecule has 1 heterocycles. The van der Waals surface area contributed by atoms with Gasteiger partial charge in [0.25, 0.3) is 0 Å². The first-order chi connectivity index (χ1) is 19.9. The van der Waals surface area contributed by atoms with E-state index in [1.165, 1.54) is 0 Å². The number of hydrogen-bond donors (Lipinski definition) is 4. The van der Waals surface area contributed by atoms with Crippen LogP contribution >= 0.6 is 0 Å². The van der Waals surface area contributed by atoms with Crippen LogP contribution in [0.25, 0.3) is 10.8 Å². The van der Waals surface area contributed by atoms with Crippen molar-refractivity contribution in [3.8, 4) is 0 Å². The number of aldehydes is 1. The predicted octanol–water partition coefficient (Wildman–Crippen LogP) is 2.22. The molecule has 3 aromatic carbocycles. The first-order valence-corrected chi connectivity index (χ1v) is 14.0. The summed E-state index contributed by atoms with van der Waals surface area (Å²) in [6.45, 7) is 0.310. The van der Waals surface area contributed by atoms with Crippen LogP contribution in [0, 0.1) is 5.92 Å². The standard InChI is InChI=1S/C32H36N4O5/c37-21-26(16-15-24-13-7-17-33-31(24)40)35-30(39)20-34-32(41)28(36-29(38)18-22-8-2-1-3-9-22)19-25-12-6-11-23-10-4-5-14-27(23)25/h1-6,8-12,14,21,24,26,28H,7,13,15-20H2,(H,33,40)(H,34,41)(H,35,39)(H,36,38). The highest BCUT2D eigenvalue weighted by Crippen LogP contribution is 2.20. The molecule has 1 aliphatic rings. The highest BCUT2D eigenvalue weighted by molar-refractivity contribution is 5.93. The minimum Gasteiger partial charge on any atom is -0.356 e. The molecule has 4 N–H and O–H groups in total. The van der Waals surface area contributed by atoms with E-state index >= 15 is 0 Å². The van der Waals surface area contributed by atoms with Crippen LogP contribution < -0.4 is 21.3 Å². The SMILES string of the molecule is O=CC(CCC1CCCNC1=O)NC(=O)CNC(=O)C(Cc1cccc2ccccc12)NC(=O)Cc1ccccc1. The quantitative estimate of drug-likeness (QED) is 0.240. The third-order valence-electron chi connectivity index (χ3n) is 7.32. The third-order valence-corrected chi connectivity index (χ3v) is 7.32. The van der Waals surface area contributed by atoms with Gasteiger partial charge in [0.05, 0.1) is 19.0 Å². The van der Waals surface area contributed by atoms with Gasteiger partial charge in [-0.25, -0.2) is 0 Å². The Hall–Kier alpha value is -4.53. The van der Waals surface area contributed by atoms with Crippen LogP contribution in [0.5, 0.6) is 0 Å². The van der Waals surface area contributed by atoms with Gasteiger partial charge in [0.1, 0.15) is 12.3 Å². The van der Waals surface area contributed by atoms with Crippen LogP contribution in [-0.2, 0) is 36.8 Å². The second-order valence-corrected chi connectivity index (χ2v) is 10.4. The molecule has 0 aliphatic carbocycles. The van der Waals surface area contributed by atoms with Crippen molar-refractivity contribution in [2.75, 3.05) is 13.1 Å². The number of nitrogens with one attached hydrogen (secondary N) is 4. The summed E-state index contributed by atoms with van der Waals surface area (Å²) < 4.78 is 0. The molecule has 9 heteroatoms. The molecular formula is C32H36N4O5. The first-order valence-electron chi connectivity index (χ1n) is 14.0. The number of carbonyl (C=O) groups is 5. The van der Waals surface area contributed by atoms with Crippen LogP contribution in [0.15, 0.2) is 72.8 Å². The van der Waals surface area contributed by atoms with Gasteiger partial charge < -0.3 is 26.1 Å². The second kappa shape index (κ2) is 14.7. The molecule has 3 unspecified atom stereocenters. The van der Waals surface area contributed by atoms with E-state index in [1.54, 1.807) is 0 Å². The molecule has 1 fully saturated rings. The Labute approximate surface area is 239 Å². The van der Waals surface area contributed by atoms with E-state index in [9.17, 15) is 24.0 Å². The summed E-state index contributed by atoms with van der Waals surface area (Å²) in [5, 5.41) is 12.9. The zero-order valence-corrected chi connectivity index (χ0v) is 22.9. The Balaban J connectivity index is 1.37. The number of amides is 4. The fourth-order valence-corrected chi connectivity index (χ4v) is 5.14. The predicted molar refractivity (Wildman–Crippen MR) is 156 cm³/mol. The van der Waals surface area contributed by atoms with Crippen LogP contribution in [0.3, 0.4) is 0 Å². The maximum Gasteiger partial charge on any atom is 0.243 e. The average Bonchev–Trinajstić information content (AvgIpc) is 2.99. The van der Waals surface area contributed by atoms with E-state index in [2.05, 4.69) is 21.3 Å². The van der Waals surface area contributed by atoms with Gasteiger partial charge >= 0.3 is 0 Å². The highest BCUT2D eigenvalue weighted by atomic mass is 16.2. The Morgan fingerprint density at radius 1 is 0.927 bits per heavy atom. The molecule has 214 valence electrons. The summed E-state index contributed by atoms with van der Waals surface area (Å²) in [6, 6.07) is 21.2. The summed E-state index contributed by atoms with van der Waals surface area (Å²) in [5.41, 5.74) is 1.71. The summed E-state index contributed by atoms with van der Waals surface area (Å²) >= 11 is 0. The van der Waals surface area contributed by atoms with E-state index < -0.39 is 23.9 Å². The number of rotatable bonds is 13. The van der Waals surface area contributed by atoms with E-state index in [0.717, 1.165) is 34.7 Å². The number of hydrogen-bond acceptors (Lipinski definition) is 5. The van der Waals surface area contributed by atoms with Gasteiger partial charge in [0, 0.05) is 18.9 Å². The van der Waals surface area contributed by atoms with Crippen LogP contribution in [0.1, 0.15) is 36.8 Å². The molecular weight excluding hydrogens is 520 g/mol. The molecule has 0 radical (unpaired) electrons. The van der Waals surface area contributed by atoms with Gasteiger partial charge in [-0.2, -0.15) is 0 Å². The maximum atomic E-state index is 13.3. The lowest BCUT2D eigenvalue weighted by Crippen LogP contribution is -2.51. The smallest absolute Gasteiger partial charge is 0.243 e.